The second-order valence-electron chi connectivity index (χ2n) is 7.53. The summed E-state index contributed by atoms with van der Waals surface area (Å²) >= 11 is 0. The molecule has 0 atom stereocenters. The summed E-state index contributed by atoms with van der Waals surface area (Å²) in [5.74, 6) is -0.586. The van der Waals surface area contributed by atoms with E-state index in [9.17, 15) is 18.0 Å². The van der Waals surface area contributed by atoms with Crippen LogP contribution in [-0.2, 0) is 21.2 Å². The van der Waals surface area contributed by atoms with E-state index in [1.165, 1.54) is 28.6 Å². The number of sulfonamides is 1. The Hall–Kier alpha value is -3.17. The first-order valence-electron chi connectivity index (χ1n) is 10.1. The van der Waals surface area contributed by atoms with Gasteiger partial charge in [0.05, 0.1) is 4.90 Å². The Morgan fingerprint density at radius 3 is 2.32 bits per heavy atom. The number of carbonyl (C=O) groups excluding carboxylic acids is 2. The van der Waals surface area contributed by atoms with Crippen molar-refractivity contribution in [3.05, 3.63) is 65.9 Å². The van der Waals surface area contributed by atoms with Crippen LogP contribution in [0.25, 0.3) is 10.9 Å². The molecule has 1 saturated heterocycles. The molecule has 31 heavy (non-hydrogen) atoms. The van der Waals surface area contributed by atoms with Crippen LogP contribution in [0.1, 0.15) is 22.3 Å². The Morgan fingerprint density at radius 2 is 1.65 bits per heavy atom. The third kappa shape index (κ3) is 4.33. The molecule has 1 aliphatic rings. The Morgan fingerprint density at radius 1 is 0.968 bits per heavy atom. The first-order valence-corrected chi connectivity index (χ1v) is 11.5. The van der Waals surface area contributed by atoms with Crippen LogP contribution in [0.4, 0.5) is 0 Å². The van der Waals surface area contributed by atoms with Crippen LogP contribution in [0.3, 0.4) is 0 Å². The van der Waals surface area contributed by atoms with Crippen molar-refractivity contribution in [2.24, 2.45) is 5.73 Å². The minimum absolute atomic E-state index is 0.0214. The Bertz CT molecular complexity index is 1210. The Kier molecular flexibility index (Phi) is 5.79. The average Bonchev–Trinajstić information content (AvgIpc) is 3.20. The molecule has 0 spiro atoms. The predicted octanol–water partition coefficient (Wildman–Crippen LogP) is 1.73. The van der Waals surface area contributed by atoms with Crippen LogP contribution in [0.2, 0.25) is 0 Å². The third-order valence-electron chi connectivity index (χ3n) is 5.65. The second kappa shape index (κ2) is 8.52. The van der Waals surface area contributed by atoms with Crippen LogP contribution in [0.15, 0.2) is 59.6 Å². The van der Waals surface area contributed by atoms with Gasteiger partial charge in [0.25, 0.3) is 0 Å². The van der Waals surface area contributed by atoms with Gasteiger partial charge in [-0.05, 0) is 42.3 Å². The van der Waals surface area contributed by atoms with Gasteiger partial charge in [-0.15, -0.1) is 0 Å². The highest BCUT2D eigenvalue weighted by Gasteiger charge is 2.30. The fourth-order valence-corrected chi connectivity index (χ4v) is 5.28. The number of para-hydroxylation sites is 1. The van der Waals surface area contributed by atoms with Crippen molar-refractivity contribution >= 4 is 32.7 Å². The van der Waals surface area contributed by atoms with Crippen LogP contribution in [0.5, 0.6) is 0 Å². The van der Waals surface area contributed by atoms with E-state index in [4.69, 9.17) is 5.73 Å². The van der Waals surface area contributed by atoms with Gasteiger partial charge < -0.3 is 15.6 Å². The number of carbonyl (C=O) groups is 2. The predicted molar refractivity (Wildman–Crippen MR) is 117 cm³/mol. The van der Waals surface area contributed by atoms with E-state index in [-0.39, 0.29) is 29.5 Å². The van der Waals surface area contributed by atoms with Gasteiger partial charge in [-0.3, -0.25) is 9.59 Å². The number of nitrogens with zero attached hydrogens (tertiary/aromatic N) is 2. The van der Waals surface area contributed by atoms with Crippen molar-refractivity contribution in [3.63, 3.8) is 0 Å². The molecule has 0 unspecified atom stereocenters. The number of aromatic nitrogens is 1. The lowest BCUT2D eigenvalue weighted by Gasteiger charge is -2.34. The smallest absolute Gasteiger partial charge is 0.248 e. The van der Waals surface area contributed by atoms with Crippen molar-refractivity contribution in [3.8, 4) is 0 Å². The fraction of sp³-hybridized carbons (Fsp3) is 0.273. The average molecular weight is 441 g/mol. The van der Waals surface area contributed by atoms with Gasteiger partial charge in [0.15, 0.2) is 0 Å². The molecule has 8 nitrogen and oxygen atoms in total. The van der Waals surface area contributed by atoms with Crippen molar-refractivity contribution < 1.29 is 18.0 Å². The topological polar surface area (TPSA) is 117 Å². The molecule has 9 heteroatoms. The molecule has 2 heterocycles. The molecule has 3 N–H and O–H groups in total. The van der Waals surface area contributed by atoms with E-state index in [0.717, 1.165) is 16.5 Å². The number of aryl methyl sites for hydroxylation is 1. The number of hydrogen-bond donors (Lipinski definition) is 2. The van der Waals surface area contributed by atoms with Crippen LogP contribution < -0.4 is 5.73 Å². The summed E-state index contributed by atoms with van der Waals surface area (Å²) < 4.78 is 27.1. The van der Waals surface area contributed by atoms with E-state index in [1.54, 1.807) is 4.90 Å². The SMILES string of the molecule is NC(=O)c1ccc(S(=O)(=O)N2CCN(C(=O)CCc3c[nH]c4ccccc34)CC2)cc1. The molecule has 3 aromatic rings. The first-order chi connectivity index (χ1) is 14.9. The van der Waals surface area contributed by atoms with E-state index in [1.807, 2.05) is 30.5 Å². The maximum atomic E-state index is 12.9. The molecule has 162 valence electrons. The zero-order chi connectivity index (χ0) is 22.0. The normalized spacial score (nSPS) is 15.3. The lowest BCUT2D eigenvalue weighted by Crippen LogP contribution is -2.50. The minimum atomic E-state index is -3.69. The molecule has 1 aliphatic heterocycles. The van der Waals surface area contributed by atoms with Crippen LogP contribution in [0, 0.1) is 0 Å². The molecule has 2 aromatic carbocycles. The van der Waals surface area contributed by atoms with Crippen LogP contribution in [-0.4, -0.2) is 60.6 Å². The molecule has 0 bridgehead atoms. The maximum Gasteiger partial charge on any atom is 0.248 e. The first kappa shape index (κ1) is 21.1. The molecule has 2 amide bonds. The van der Waals surface area contributed by atoms with Crippen molar-refractivity contribution in [1.82, 2.24) is 14.2 Å². The number of rotatable bonds is 6. The number of benzene rings is 2. The highest BCUT2D eigenvalue weighted by atomic mass is 32.2. The summed E-state index contributed by atoms with van der Waals surface area (Å²) in [6.07, 6.45) is 2.95. The molecule has 0 radical (unpaired) electrons. The Labute approximate surface area is 180 Å². The summed E-state index contributed by atoms with van der Waals surface area (Å²) in [5, 5.41) is 1.12. The van der Waals surface area contributed by atoms with Gasteiger partial charge in [-0.25, -0.2) is 8.42 Å². The van der Waals surface area contributed by atoms with Gasteiger partial charge in [0.2, 0.25) is 21.8 Å². The van der Waals surface area contributed by atoms with E-state index >= 15 is 0 Å². The molecular weight excluding hydrogens is 416 g/mol. The molecule has 4 rings (SSSR count). The molecular formula is C22H24N4O4S. The monoisotopic (exact) mass is 440 g/mol. The fourth-order valence-electron chi connectivity index (χ4n) is 3.86. The van der Waals surface area contributed by atoms with Gasteiger partial charge >= 0.3 is 0 Å². The van der Waals surface area contributed by atoms with Crippen molar-refractivity contribution in [2.75, 3.05) is 26.2 Å². The number of hydrogen-bond acceptors (Lipinski definition) is 4. The number of piperazine rings is 1. The van der Waals surface area contributed by atoms with Gasteiger partial charge in [0, 0.05) is 55.3 Å². The zero-order valence-corrected chi connectivity index (χ0v) is 17.8. The summed E-state index contributed by atoms with van der Waals surface area (Å²) in [6.45, 7) is 1.17. The molecule has 0 aliphatic carbocycles. The number of amides is 2. The quantitative estimate of drug-likeness (QED) is 0.607. The number of H-pyrrole nitrogens is 1. The standard InChI is InChI=1S/C22H24N4O4S/c23-22(28)16-5-8-18(9-6-16)31(29,30)26-13-11-25(12-14-26)21(27)10-7-17-15-24-20-4-2-1-3-19(17)20/h1-6,8-9,15,24H,7,10-14H2,(H2,23,28). The largest absolute Gasteiger partial charge is 0.366 e. The molecule has 1 aromatic heterocycles. The number of aromatic amines is 1. The summed E-state index contributed by atoms with van der Waals surface area (Å²) in [6, 6.07) is 13.5. The molecule has 1 fully saturated rings. The van der Waals surface area contributed by atoms with E-state index in [0.29, 0.717) is 25.9 Å². The summed E-state index contributed by atoms with van der Waals surface area (Å²) in [7, 11) is -3.69. The van der Waals surface area contributed by atoms with E-state index < -0.39 is 15.9 Å². The highest BCUT2D eigenvalue weighted by Crippen LogP contribution is 2.21. The van der Waals surface area contributed by atoms with Gasteiger partial charge in [-0.1, -0.05) is 18.2 Å². The minimum Gasteiger partial charge on any atom is -0.366 e. The maximum absolute atomic E-state index is 12.9. The summed E-state index contributed by atoms with van der Waals surface area (Å²) in [5.41, 5.74) is 7.61. The number of nitrogens with one attached hydrogen (secondary N) is 1. The number of fused-ring (bicyclic) bond motifs is 1. The highest BCUT2D eigenvalue weighted by molar-refractivity contribution is 7.89. The molecule has 0 saturated carbocycles. The van der Waals surface area contributed by atoms with Crippen molar-refractivity contribution in [1.29, 1.82) is 0 Å². The lowest BCUT2D eigenvalue weighted by molar-refractivity contribution is -0.132. The third-order valence-corrected chi connectivity index (χ3v) is 7.56. The zero-order valence-electron chi connectivity index (χ0n) is 17.0. The summed E-state index contributed by atoms with van der Waals surface area (Å²) in [4.78, 5) is 28.9. The van der Waals surface area contributed by atoms with E-state index in [2.05, 4.69) is 4.98 Å². The van der Waals surface area contributed by atoms with Gasteiger partial charge in [0.1, 0.15) is 0 Å². The number of primary amides is 1. The lowest BCUT2D eigenvalue weighted by atomic mass is 10.1. The van der Waals surface area contributed by atoms with Gasteiger partial charge in [-0.2, -0.15) is 4.31 Å². The second-order valence-corrected chi connectivity index (χ2v) is 9.47. The van der Waals surface area contributed by atoms with Crippen LogP contribution >= 0.6 is 0 Å². The van der Waals surface area contributed by atoms with Crippen molar-refractivity contribution in [2.45, 2.75) is 17.7 Å². The number of nitrogens with two attached hydrogens (primary N) is 1. The Balaban J connectivity index is 1.34.